The third-order valence-electron chi connectivity index (χ3n) is 3.53. The molecule has 22 heavy (non-hydrogen) atoms. The zero-order chi connectivity index (χ0) is 15.7. The van der Waals surface area contributed by atoms with Gasteiger partial charge in [-0.25, -0.2) is 14.8 Å². The van der Waals surface area contributed by atoms with Gasteiger partial charge in [-0.05, 0) is 36.4 Å². The summed E-state index contributed by atoms with van der Waals surface area (Å²) in [5.41, 5.74) is 1.91. The van der Waals surface area contributed by atoms with E-state index in [9.17, 15) is 9.59 Å². The molecule has 6 nitrogen and oxygen atoms in total. The number of rotatable bonds is 3. The Balaban J connectivity index is 1.97. The molecule has 0 radical (unpaired) electrons. The van der Waals surface area contributed by atoms with Gasteiger partial charge in [-0.2, -0.15) is 0 Å². The van der Waals surface area contributed by atoms with Crippen LogP contribution >= 0.6 is 0 Å². The van der Waals surface area contributed by atoms with Crippen molar-refractivity contribution in [3.63, 3.8) is 0 Å². The molecule has 0 aliphatic rings. The molecule has 0 aliphatic heterocycles. The summed E-state index contributed by atoms with van der Waals surface area (Å²) >= 11 is 0. The van der Waals surface area contributed by atoms with E-state index in [1.807, 2.05) is 0 Å². The van der Waals surface area contributed by atoms with Crippen molar-refractivity contribution in [2.24, 2.45) is 14.1 Å². The number of ketones is 1. The van der Waals surface area contributed by atoms with E-state index in [2.05, 4.69) is 9.97 Å². The number of hydrogen-bond acceptors (Lipinski definition) is 4. The van der Waals surface area contributed by atoms with E-state index in [-0.39, 0.29) is 11.5 Å². The van der Waals surface area contributed by atoms with Crippen molar-refractivity contribution in [3.05, 3.63) is 64.6 Å². The largest absolute Gasteiger partial charge is 0.328 e. The zero-order valence-electron chi connectivity index (χ0n) is 12.2. The second kappa shape index (κ2) is 5.40. The van der Waals surface area contributed by atoms with E-state index in [0.717, 1.165) is 11.0 Å². The molecule has 2 aromatic heterocycles. The molecule has 0 N–H and O–H groups in total. The second-order valence-electron chi connectivity index (χ2n) is 4.91. The van der Waals surface area contributed by atoms with Gasteiger partial charge in [0.25, 0.3) is 0 Å². The molecule has 3 rings (SSSR count). The molecule has 1 aromatic carbocycles. The summed E-state index contributed by atoms with van der Waals surface area (Å²) in [6.45, 7) is 0. The van der Waals surface area contributed by atoms with Crippen LogP contribution in [-0.4, -0.2) is 24.9 Å². The molecule has 0 spiro atoms. The number of aromatic nitrogens is 4. The standard InChI is InChI=1S/C16H14N4O2/c1-19-12-5-4-11(10-13(12)20(2)16(19)22)14(21)6-7-15-17-8-3-9-18-15/h3-10H,1-2H3/b7-6+. The van der Waals surface area contributed by atoms with Crippen molar-refractivity contribution in [3.8, 4) is 0 Å². The van der Waals surface area contributed by atoms with Crippen LogP contribution in [0.4, 0.5) is 0 Å². The number of benzene rings is 1. The number of aryl methyl sites for hydroxylation is 2. The first-order valence-electron chi connectivity index (χ1n) is 6.73. The fourth-order valence-electron chi connectivity index (χ4n) is 2.30. The minimum absolute atomic E-state index is 0.118. The summed E-state index contributed by atoms with van der Waals surface area (Å²) < 4.78 is 3.08. The Morgan fingerprint density at radius 3 is 2.50 bits per heavy atom. The number of hydrogen-bond donors (Lipinski definition) is 0. The summed E-state index contributed by atoms with van der Waals surface area (Å²) in [4.78, 5) is 32.2. The van der Waals surface area contributed by atoms with Crippen LogP contribution in [0.2, 0.25) is 0 Å². The first-order valence-corrected chi connectivity index (χ1v) is 6.73. The average molecular weight is 294 g/mol. The summed E-state index contributed by atoms with van der Waals surface area (Å²) in [6, 6.07) is 6.91. The van der Waals surface area contributed by atoms with Gasteiger partial charge in [0.15, 0.2) is 11.6 Å². The fraction of sp³-hybridized carbons (Fsp3) is 0.125. The smallest absolute Gasteiger partial charge is 0.295 e. The first kappa shape index (κ1) is 13.9. The minimum atomic E-state index is -0.161. The number of allylic oxidation sites excluding steroid dienone is 1. The lowest BCUT2D eigenvalue weighted by atomic mass is 10.1. The lowest BCUT2D eigenvalue weighted by molar-refractivity contribution is 0.104. The van der Waals surface area contributed by atoms with Crippen LogP contribution < -0.4 is 5.69 Å². The average Bonchev–Trinajstić information content (AvgIpc) is 2.78. The maximum atomic E-state index is 12.2. The maximum Gasteiger partial charge on any atom is 0.328 e. The highest BCUT2D eigenvalue weighted by molar-refractivity contribution is 6.08. The molecule has 0 fully saturated rings. The molecule has 3 aromatic rings. The molecule has 0 atom stereocenters. The van der Waals surface area contributed by atoms with Gasteiger partial charge in [0.1, 0.15) is 0 Å². The van der Waals surface area contributed by atoms with Crippen molar-refractivity contribution in [1.29, 1.82) is 0 Å². The number of nitrogens with zero attached hydrogens (tertiary/aromatic N) is 4. The third kappa shape index (κ3) is 2.35. The predicted octanol–water partition coefficient (Wildman–Crippen LogP) is 1.56. The molecular weight excluding hydrogens is 280 g/mol. The number of carbonyl (C=O) groups is 1. The van der Waals surface area contributed by atoms with Crippen molar-refractivity contribution in [1.82, 2.24) is 19.1 Å². The van der Waals surface area contributed by atoms with E-state index in [1.165, 1.54) is 10.6 Å². The quantitative estimate of drug-likeness (QED) is 0.543. The van der Waals surface area contributed by atoms with Crippen LogP contribution in [0.3, 0.4) is 0 Å². The Hall–Kier alpha value is -3.02. The Kier molecular flexibility index (Phi) is 3.42. The Labute approximate surface area is 126 Å². The molecule has 0 saturated heterocycles. The predicted molar refractivity (Wildman–Crippen MR) is 83.6 cm³/mol. The van der Waals surface area contributed by atoms with E-state index in [0.29, 0.717) is 11.4 Å². The van der Waals surface area contributed by atoms with Crippen LogP contribution in [0.15, 0.2) is 47.5 Å². The Morgan fingerprint density at radius 1 is 1.09 bits per heavy atom. The summed E-state index contributed by atoms with van der Waals surface area (Å²) in [7, 11) is 3.39. The lowest BCUT2D eigenvalue weighted by Crippen LogP contribution is -2.19. The molecule has 6 heteroatoms. The van der Waals surface area contributed by atoms with Crippen LogP contribution in [0, 0.1) is 0 Å². The highest BCUT2D eigenvalue weighted by Crippen LogP contribution is 2.15. The van der Waals surface area contributed by atoms with Crippen LogP contribution in [0.1, 0.15) is 16.2 Å². The molecule has 0 aliphatic carbocycles. The topological polar surface area (TPSA) is 69.8 Å². The molecular formula is C16H14N4O2. The van der Waals surface area contributed by atoms with Gasteiger partial charge in [-0.1, -0.05) is 0 Å². The number of carbonyl (C=O) groups excluding carboxylic acids is 1. The molecule has 0 amide bonds. The molecule has 110 valence electrons. The van der Waals surface area contributed by atoms with Crippen LogP contribution in [0.5, 0.6) is 0 Å². The molecule has 0 saturated carbocycles. The van der Waals surface area contributed by atoms with Crippen molar-refractivity contribution >= 4 is 22.9 Å². The highest BCUT2D eigenvalue weighted by Gasteiger charge is 2.10. The van der Waals surface area contributed by atoms with Crippen molar-refractivity contribution < 1.29 is 4.79 Å². The minimum Gasteiger partial charge on any atom is -0.295 e. The molecule has 0 unspecified atom stereocenters. The Bertz CT molecular complexity index is 936. The van der Waals surface area contributed by atoms with Gasteiger partial charge in [0.2, 0.25) is 0 Å². The summed E-state index contributed by atoms with van der Waals surface area (Å²) in [6.07, 6.45) is 6.22. The lowest BCUT2D eigenvalue weighted by Gasteiger charge is -1.99. The van der Waals surface area contributed by atoms with E-state index in [4.69, 9.17) is 0 Å². The maximum absolute atomic E-state index is 12.2. The van der Waals surface area contributed by atoms with Gasteiger partial charge < -0.3 is 0 Å². The number of imidazole rings is 1. The normalized spacial score (nSPS) is 11.4. The summed E-state index contributed by atoms with van der Waals surface area (Å²) in [5, 5.41) is 0. The number of fused-ring (bicyclic) bond motifs is 1. The summed E-state index contributed by atoms with van der Waals surface area (Å²) in [5.74, 6) is 0.315. The zero-order valence-corrected chi connectivity index (χ0v) is 12.2. The van der Waals surface area contributed by atoms with Crippen molar-refractivity contribution in [2.75, 3.05) is 0 Å². The van der Waals surface area contributed by atoms with E-state index in [1.54, 1.807) is 61.4 Å². The van der Waals surface area contributed by atoms with E-state index >= 15 is 0 Å². The second-order valence-corrected chi connectivity index (χ2v) is 4.91. The fourth-order valence-corrected chi connectivity index (χ4v) is 2.30. The molecule has 2 heterocycles. The monoisotopic (exact) mass is 294 g/mol. The van der Waals surface area contributed by atoms with Gasteiger partial charge in [-0.3, -0.25) is 13.9 Å². The van der Waals surface area contributed by atoms with Crippen LogP contribution in [0.25, 0.3) is 17.1 Å². The van der Waals surface area contributed by atoms with Gasteiger partial charge in [-0.15, -0.1) is 0 Å². The highest BCUT2D eigenvalue weighted by atomic mass is 16.1. The third-order valence-corrected chi connectivity index (χ3v) is 3.53. The van der Waals surface area contributed by atoms with Crippen LogP contribution in [-0.2, 0) is 14.1 Å². The van der Waals surface area contributed by atoms with E-state index < -0.39 is 0 Å². The van der Waals surface area contributed by atoms with Crippen molar-refractivity contribution in [2.45, 2.75) is 0 Å². The van der Waals surface area contributed by atoms with Gasteiger partial charge in [0.05, 0.1) is 11.0 Å². The SMILES string of the molecule is Cn1c(=O)n(C)c2cc(C(=O)/C=C/c3ncccn3)ccc21. The molecule has 0 bridgehead atoms. The Morgan fingerprint density at radius 2 is 1.77 bits per heavy atom. The van der Waals surface area contributed by atoms with Gasteiger partial charge >= 0.3 is 5.69 Å². The van der Waals surface area contributed by atoms with Gasteiger partial charge in [0, 0.05) is 32.1 Å². The first-order chi connectivity index (χ1) is 10.6.